The summed E-state index contributed by atoms with van der Waals surface area (Å²) in [5.74, 6) is 1.45. The largest absolute Gasteiger partial charge is 0.494 e. The number of hydrogen-bond donors (Lipinski definition) is 2. The monoisotopic (exact) mass is 390 g/mol. The summed E-state index contributed by atoms with van der Waals surface area (Å²) in [4.78, 5) is 12.1. The maximum absolute atomic E-state index is 12.1. The molecule has 0 saturated carbocycles. The summed E-state index contributed by atoms with van der Waals surface area (Å²) in [6, 6.07) is 12.9. The average Bonchev–Trinajstić information content (AvgIpc) is 2.64. The number of aryl methyl sites for hydroxylation is 1. The highest BCUT2D eigenvalue weighted by atomic mass is 35.5. The SMILES string of the molecule is CCOc1ccc(C)cc1C(C)NC(=O)NCCCOc1ccccc1Cl. The van der Waals surface area contributed by atoms with Crippen LogP contribution in [-0.4, -0.2) is 25.8 Å². The smallest absolute Gasteiger partial charge is 0.315 e. The van der Waals surface area contributed by atoms with Crippen molar-refractivity contribution >= 4 is 17.6 Å². The zero-order valence-electron chi connectivity index (χ0n) is 16.0. The fourth-order valence-electron chi connectivity index (χ4n) is 2.64. The number of rotatable bonds is 9. The van der Waals surface area contributed by atoms with Gasteiger partial charge in [-0.15, -0.1) is 0 Å². The van der Waals surface area contributed by atoms with E-state index in [1.807, 2.05) is 57.2 Å². The van der Waals surface area contributed by atoms with E-state index in [9.17, 15) is 4.79 Å². The molecule has 0 aliphatic rings. The van der Waals surface area contributed by atoms with Crippen LogP contribution in [0.25, 0.3) is 0 Å². The van der Waals surface area contributed by atoms with E-state index in [4.69, 9.17) is 21.1 Å². The van der Waals surface area contributed by atoms with E-state index in [1.54, 1.807) is 6.07 Å². The molecular formula is C21H27ClN2O3. The molecule has 27 heavy (non-hydrogen) atoms. The van der Waals surface area contributed by atoms with Gasteiger partial charge in [-0.1, -0.05) is 41.4 Å². The molecule has 0 saturated heterocycles. The summed E-state index contributed by atoms with van der Waals surface area (Å²) in [6.07, 6.45) is 0.682. The fourth-order valence-corrected chi connectivity index (χ4v) is 2.83. The lowest BCUT2D eigenvalue weighted by atomic mass is 10.0. The molecule has 0 bridgehead atoms. The second-order valence-corrected chi connectivity index (χ2v) is 6.64. The number of amides is 2. The van der Waals surface area contributed by atoms with Crippen LogP contribution in [0.1, 0.15) is 37.4 Å². The third-order valence-corrected chi connectivity index (χ3v) is 4.29. The lowest BCUT2D eigenvalue weighted by molar-refractivity contribution is 0.236. The second-order valence-electron chi connectivity index (χ2n) is 6.23. The molecule has 5 nitrogen and oxygen atoms in total. The third kappa shape index (κ3) is 6.68. The minimum atomic E-state index is -0.218. The van der Waals surface area contributed by atoms with Gasteiger partial charge in [-0.3, -0.25) is 0 Å². The number of halogens is 1. The molecule has 1 atom stereocenters. The van der Waals surface area contributed by atoms with Crippen molar-refractivity contribution in [2.75, 3.05) is 19.8 Å². The van der Waals surface area contributed by atoms with Crippen LogP contribution < -0.4 is 20.1 Å². The predicted octanol–water partition coefficient (Wildman–Crippen LogP) is 4.88. The topological polar surface area (TPSA) is 59.6 Å². The van der Waals surface area contributed by atoms with Gasteiger partial charge in [0.25, 0.3) is 0 Å². The minimum absolute atomic E-state index is 0.161. The van der Waals surface area contributed by atoms with Gasteiger partial charge in [0.2, 0.25) is 0 Å². The van der Waals surface area contributed by atoms with Gasteiger partial charge in [-0.05, 0) is 45.4 Å². The van der Waals surface area contributed by atoms with Gasteiger partial charge in [0.15, 0.2) is 0 Å². The molecule has 2 rings (SSSR count). The highest BCUT2D eigenvalue weighted by Crippen LogP contribution is 2.26. The molecular weight excluding hydrogens is 364 g/mol. The standard InChI is InChI=1S/C21H27ClN2O3/c1-4-26-19-11-10-15(2)14-17(19)16(3)24-21(25)23-12-7-13-27-20-9-6-5-8-18(20)22/h5-6,8-11,14,16H,4,7,12-13H2,1-3H3,(H2,23,24,25). The van der Waals surface area contributed by atoms with E-state index in [0.29, 0.717) is 37.0 Å². The number of para-hydroxylation sites is 1. The van der Waals surface area contributed by atoms with Crippen LogP contribution >= 0.6 is 11.6 Å². The molecule has 0 aromatic heterocycles. The molecule has 2 amide bonds. The summed E-state index contributed by atoms with van der Waals surface area (Å²) in [7, 11) is 0. The van der Waals surface area contributed by atoms with Crippen molar-refractivity contribution in [1.82, 2.24) is 10.6 Å². The number of hydrogen-bond acceptors (Lipinski definition) is 3. The van der Waals surface area contributed by atoms with Crippen LogP contribution in [0.3, 0.4) is 0 Å². The van der Waals surface area contributed by atoms with E-state index in [0.717, 1.165) is 16.9 Å². The van der Waals surface area contributed by atoms with Crippen LogP contribution in [0.15, 0.2) is 42.5 Å². The summed E-state index contributed by atoms with van der Waals surface area (Å²) in [5, 5.41) is 6.38. The zero-order chi connectivity index (χ0) is 19.6. The molecule has 6 heteroatoms. The summed E-state index contributed by atoms with van der Waals surface area (Å²) >= 11 is 6.03. The van der Waals surface area contributed by atoms with Crippen LogP contribution in [0.5, 0.6) is 11.5 Å². The summed E-state index contributed by atoms with van der Waals surface area (Å²) in [6.45, 7) is 7.48. The van der Waals surface area contributed by atoms with Crippen molar-refractivity contribution in [1.29, 1.82) is 0 Å². The lowest BCUT2D eigenvalue weighted by Gasteiger charge is -2.19. The van der Waals surface area contributed by atoms with Crippen molar-refractivity contribution in [2.45, 2.75) is 33.2 Å². The molecule has 146 valence electrons. The summed E-state index contributed by atoms with van der Waals surface area (Å²) < 4.78 is 11.3. The van der Waals surface area contributed by atoms with Gasteiger partial charge in [0, 0.05) is 12.1 Å². The highest BCUT2D eigenvalue weighted by Gasteiger charge is 2.14. The van der Waals surface area contributed by atoms with Crippen LogP contribution in [-0.2, 0) is 0 Å². The molecule has 0 heterocycles. The molecule has 2 aromatic rings. The van der Waals surface area contributed by atoms with Crippen LogP contribution in [0, 0.1) is 6.92 Å². The number of benzene rings is 2. The van der Waals surface area contributed by atoms with E-state index >= 15 is 0 Å². The van der Waals surface area contributed by atoms with Crippen molar-refractivity contribution < 1.29 is 14.3 Å². The van der Waals surface area contributed by atoms with E-state index in [1.165, 1.54) is 0 Å². The number of carbonyl (C=O) groups is 1. The molecule has 2 aromatic carbocycles. The normalized spacial score (nSPS) is 11.6. The van der Waals surface area contributed by atoms with Gasteiger partial charge >= 0.3 is 6.03 Å². The van der Waals surface area contributed by atoms with Crippen molar-refractivity contribution in [3.05, 3.63) is 58.6 Å². The number of ether oxygens (including phenoxy) is 2. The Hall–Kier alpha value is -2.40. The van der Waals surface area contributed by atoms with Gasteiger partial charge in [0.1, 0.15) is 11.5 Å². The Bertz CT molecular complexity index is 752. The van der Waals surface area contributed by atoms with Gasteiger partial charge in [-0.25, -0.2) is 4.79 Å². The Balaban J connectivity index is 1.75. The fraction of sp³-hybridized carbons (Fsp3) is 0.381. The number of urea groups is 1. The first-order chi connectivity index (χ1) is 13.0. The Morgan fingerprint density at radius 3 is 2.67 bits per heavy atom. The summed E-state index contributed by atoms with van der Waals surface area (Å²) in [5.41, 5.74) is 2.09. The van der Waals surface area contributed by atoms with Crippen molar-refractivity contribution in [3.8, 4) is 11.5 Å². The number of carbonyl (C=O) groups excluding carboxylic acids is 1. The van der Waals surface area contributed by atoms with Crippen LogP contribution in [0.4, 0.5) is 4.79 Å². The Morgan fingerprint density at radius 1 is 1.15 bits per heavy atom. The Morgan fingerprint density at radius 2 is 1.93 bits per heavy atom. The van der Waals surface area contributed by atoms with E-state index in [2.05, 4.69) is 10.6 Å². The minimum Gasteiger partial charge on any atom is -0.494 e. The van der Waals surface area contributed by atoms with E-state index in [-0.39, 0.29) is 12.1 Å². The highest BCUT2D eigenvalue weighted by molar-refractivity contribution is 6.32. The predicted molar refractivity (Wildman–Crippen MR) is 109 cm³/mol. The quantitative estimate of drug-likeness (QED) is 0.600. The Kier molecular flexibility index (Phi) is 8.27. The molecule has 0 aliphatic carbocycles. The molecule has 0 spiro atoms. The molecule has 0 fully saturated rings. The van der Waals surface area contributed by atoms with Crippen molar-refractivity contribution in [2.24, 2.45) is 0 Å². The second kappa shape index (κ2) is 10.7. The first-order valence-electron chi connectivity index (χ1n) is 9.16. The van der Waals surface area contributed by atoms with E-state index < -0.39 is 0 Å². The molecule has 0 aliphatic heterocycles. The maximum atomic E-state index is 12.1. The Labute approximate surface area is 166 Å². The van der Waals surface area contributed by atoms with Gasteiger partial charge < -0.3 is 20.1 Å². The van der Waals surface area contributed by atoms with Crippen LogP contribution in [0.2, 0.25) is 5.02 Å². The maximum Gasteiger partial charge on any atom is 0.315 e. The molecule has 2 N–H and O–H groups in total. The zero-order valence-corrected chi connectivity index (χ0v) is 16.8. The molecule has 1 unspecified atom stereocenters. The van der Waals surface area contributed by atoms with Crippen molar-refractivity contribution in [3.63, 3.8) is 0 Å². The molecule has 0 radical (unpaired) electrons. The number of nitrogens with one attached hydrogen (secondary N) is 2. The van der Waals surface area contributed by atoms with Gasteiger partial charge in [-0.2, -0.15) is 0 Å². The first kappa shape index (κ1) is 20.9. The third-order valence-electron chi connectivity index (χ3n) is 3.98. The lowest BCUT2D eigenvalue weighted by Crippen LogP contribution is -2.38. The average molecular weight is 391 g/mol. The van der Waals surface area contributed by atoms with Gasteiger partial charge in [0.05, 0.1) is 24.3 Å². The first-order valence-corrected chi connectivity index (χ1v) is 9.54.